The van der Waals surface area contributed by atoms with Crippen LogP contribution < -0.4 is 0 Å². The lowest BCUT2D eigenvalue weighted by Gasteiger charge is -2.08. The normalized spacial score (nSPS) is 13.0. The quantitative estimate of drug-likeness (QED) is 0.819. The Bertz CT molecular complexity index is 560. The molecule has 0 heterocycles. The van der Waals surface area contributed by atoms with Crippen molar-refractivity contribution in [2.75, 3.05) is 0 Å². The van der Waals surface area contributed by atoms with Gasteiger partial charge in [-0.05, 0) is 25.1 Å². The summed E-state index contributed by atoms with van der Waals surface area (Å²) >= 11 is 0. The number of hydrogen-bond donors (Lipinski definition) is 2. The second-order valence-corrected chi connectivity index (χ2v) is 5.63. The maximum atomic E-state index is 11.8. The second kappa shape index (κ2) is 4.54. The first-order chi connectivity index (χ1) is 7.76. The Kier molecular flexibility index (Phi) is 3.52. The summed E-state index contributed by atoms with van der Waals surface area (Å²) in [4.78, 5) is 21.0. The SMILES string of the molecule is CC(C(=O)O)S(=O)(=O)c1cccc(C(=O)O)c1. The molecule has 0 saturated heterocycles. The highest BCUT2D eigenvalue weighted by atomic mass is 32.2. The van der Waals surface area contributed by atoms with Gasteiger partial charge in [0.15, 0.2) is 15.1 Å². The molecule has 1 aromatic rings. The summed E-state index contributed by atoms with van der Waals surface area (Å²) in [5.74, 6) is -2.75. The van der Waals surface area contributed by atoms with Crippen LogP contribution in [0.5, 0.6) is 0 Å². The van der Waals surface area contributed by atoms with Gasteiger partial charge in [0, 0.05) is 0 Å². The third-order valence-electron chi connectivity index (χ3n) is 2.22. The number of carboxylic acids is 2. The van der Waals surface area contributed by atoms with Crippen molar-refractivity contribution in [2.24, 2.45) is 0 Å². The summed E-state index contributed by atoms with van der Waals surface area (Å²) in [7, 11) is -4.06. The number of aromatic carboxylic acids is 1. The molecule has 0 bridgehead atoms. The Morgan fingerprint density at radius 2 is 1.82 bits per heavy atom. The molecule has 0 saturated carbocycles. The molecule has 17 heavy (non-hydrogen) atoms. The van der Waals surface area contributed by atoms with Gasteiger partial charge in [0.2, 0.25) is 0 Å². The lowest BCUT2D eigenvalue weighted by molar-refractivity contribution is -0.136. The smallest absolute Gasteiger partial charge is 0.335 e. The van der Waals surface area contributed by atoms with E-state index in [4.69, 9.17) is 10.2 Å². The third-order valence-corrected chi connectivity index (χ3v) is 4.27. The lowest BCUT2D eigenvalue weighted by atomic mass is 10.2. The Hall–Kier alpha value is -1.89. The Morgan fingerprint density at radius 3 is 2.29 bits per heavy atom. The summed E-state index contributed by atoms with van der Waals surface area (Å²) < 4.78 is 23.5. The Morgan fingerprint density at radius 1 is 1.24 bits per heavy atom. The van der Waals surface area contributed by atoms with Gasteiger partial charge in [0.25, 0.3) is 0 Å². The van der Waals surface area contributed by atoms with Crippen LogP contribution in [0.2, 0.25) is 0 Å². The minimum absolute atomic E-state index is 0.205. The number of hydrogen-bond acceptors (Lipinski definition) is 4. The summed E-state index contributed by atoms with van der Waals surface area (Å²) in [5, 5.41) is 15.8. The van der Waals surface area contributed by atoms with E-state index >= 15 is 0 Å². The van der Waals surface area contributed by atoms with Gasteiger partial charge in [-0.15, -0.1) is 0 Å². The molecule has 7 heteroatoms. The second-order valence-electron chi connectivity index (χ2n) is 3.36. The zero-order valence-corrected chi connectivity index (χ0v) is 9.64. The van der Waals surface area contributed by atoms with E-state index < -0.39 is 27.0 Å². The average Bonchev–Trinajstić information content (AvgIpc) is 2.28. The summed E-state index contributed by atoms with van der Waals surface area (Å²) in [6.07, 6.45) is 0. The first-order valence-corrected chi connectivity index (χ1v) is 6.11. The van der Waals surface area contributed by atoms with Gasteiger partial charge < -0.3 is 10.2 Å². The Labute approximate surface area is 97.4 Å². The number of rotatable bonds is 4. The van der Waals surface area contributed by atoms with E-state index in [1.54, 1.807) is 0 Å². The zero-order valence-electron chi connectivity index (χ0n) is 8.82. The number of sulfone groups is 1. The van der Waals surface area contributed by atoms with E-state index in [1.165, 1.54) is 18.2 Å². The first-order valence-electron chi connectivity index (χ1n) is 4.57. The molecule has 0 aliphatic rings. The first kappa shape index (κ1) is 13.2. The fourth-order valence-corrected chi connectivity index (χ4v) is 2.38. The van der Waals surface area contributed by atoms with E-state index in [-0.39, 0.29) is 10.5 Å². The van der Waals surface area contributed by atoms with E-state index in [0.717, 1.165) is 13.0 Å². The molecule has 92 valence electrons. The van der Waals surface area contributed by atoms with Gasteiger partial charge >= 0.3 is 11.9 Å². The van der Waals surface area contributed by atoms with Crippen molar-refractivity contribution < 1.29 is 28.2 Å². The van der Waals surface area contributed by atoms with Crippen LogP contribution in [0.3, 0.4) is 0 Å². The number of carboxylic acid groups (broad SMARTS) is 2. The maximum absolute atomic E-state index is 11.8. The van der Waals surface area contributed by atoms with E-state index in [9.17, 15) is 18.0 Å². The average molecular weight is 258 g/mol. The molecule has 0 amide bonds. The van der Waals surface area contributed by atoms with Gasteiger partial charge in [-0.25, -0.2) is 13.2 Å². The van der Waals surface area contributed by atoms with Crippen LogP contribution in [-0.2, 0) is 14.6 Å². The number of benzene rings is 1. The molecular weight excluding hydrogens is 248 g/mol. The number of aliphatic carboxylic acids is 1. The monoisotopic (exact) mass is 258 g/mol. The lowest BCUT2D eigenvalue weighted by Crippen LogP contribution is -2.27. The van der Waals surface area contributed by atoms with Crippen molar-refractivity contribution in [3.05, 3.63) is 29.8 Å². The molecule has 1 aromatic carbocycles. The van der Waals surface area contributed by atoms with Crippen molar-refractivity contribution in [1.29, 1.82) is 0 Å². The van der Waals surface area contributed by atoms with Crippen molar-refractivity contribution in [3.8, 4) is 0 Å². The predicted molar refractivity (Wildman–Crippen MR) is 57.7 cm³/mol. The minimum Gasteiger partial charge on any atom is -0.480 e. The van der Waals surface area contributed by atoms with Gasteiger partial charge in [-0.1, -0.05) is 6.07 Å². The van der Waals surface area contributed by atoms with Gasteiger partial charge in [0.05, 0.1) is 10.5 Å². The van der Waals surface area contributed by atoms with Crippen molar-refractivity contribution in [2.45, 2.75) is 17.1 Å². The standard InChI is InChI=1S/C10H10O6S/c1-6(9(11)12)17(15,16)8-4-2-3-7(5-8)10(13)14/h2-6H,1H3,(H,11,12)(H,13,14). The molecule has 6 nitrogen and oxygen atoms in total. The summed E-state index contributed by atoms with van der Waals surface area (Å²) in [6, 6.07) is 4.59. The fourth-order valence-electron chi connectivity index (χ4n) is 1.14. The van der Waals surface area contributed by atoms with Crippen LogP contribution in [0.1, 0.15) is 17.3 Å². The van der Waals surface area contributed by atoms with Crippen molar-refractivity contribution >= 4 is 21.8 Å². The molecule has 0 aliphatic heterocycles. The predicted octanol–water partition coefficient (Wildman–Crippen LogP) is 0.632. The highest BCUT2D eigenvalue weighted by Crippen LogP contribution is 2.17. The highest BCUT2D eigenvalue weighted by Gasteiger charge is 2.29. The van der Waals surface area contributed by atoms with Crippen LogP contribution >= 0.6 is 0 Å². The highest BCUT2D eigenvalue weighted by molar-refractivity contribution is 7.92. The van der Waals surface area contributed by atoms with Gasteiger partial charge in [-0.3, -0.25) is 4.79 Å². The molecule has 0 spiro atoms. The summed E-state index contributed by atoms with van der Waals surface area (Å²) in [5.41, 5.74) is -0.205. The number of carbonyl (C=O) groups is 2. The molecule has 1 atom stereocenters. The van der Waals surface area contributed by atoms with Crippen LogP contribution in [0.15, 0.2) is 29.2 Å². The molecule has 0 aromatic heterocycles. The molecule has 0 fully saturated rings. The Balaban J connectivity index is 3.30. The minimum atomic E-state index is -4.06. The molecule has 1 rings (SSSR count). The van der Waals surface area contributed by atoms with Gasteiger partial charge in [-0.2, -0.15) is 0 Å². The van der Waals surface area contributed by atoms with Crippen LogP contribution in [-0.4, -0.2) is 35.8 Å². The fraction of sp³-hybridized carbons (Fsp3) is 0.200. The van der Waals surface area contributed by atoms with Crippen LogP contribution in [0.4, 0.5) is 0 Å². The molecular formula is C10H10O6S. The van der Waals surface area contributed by atoms with Crippen molar-refractivity contribution in [3.63, 3.8) is 0 Å². The topological polar surface area (TPSA) is 109 Å². The molecule has 0 radical (unpaired) electrons. The third kappa shape index (κ3) is 2.62. The van der Waals surface area contributed by atoms with Crippen LogP contribution in [0.25, 0.3) is 0 Å². The van der Waals surface area contributed by atoms with Gasteiger partial charge in [0.1, 0.15) is 0 Å². The zero-order chi connectivity index (χ0) is 13.2. The maximum Gasteiger partial charge on any atom is 0.335 e. The molecule has 2 N–H and O–H groups in total. The van der Waals surface area contributed by atoms with E-state index in [2.05, 4.69) is 0 Å². The summed E-state index contributed by atoms with van der Waals surface area (Å²) in [6.45, 7) is 1.03. The van der Waals surface area contributed by atoms with E-state index in [0.29, 0.717) is 0 Å². The molecule has 1 unspecified atom stereocenters. The van der Waals surface area contributed by atoms with Crippen molar-refractivity contribution in [1.82, 2.24) is 0 Å². The molecule has 0 aliphatic carbocycles. The largest absolute Gasteiger partial charge is 0.480 e. The van der Waals surface area contributed by atoms with E-state index in [1.807, 2.05) is 0 Å². The van der Waals surface area contributed by atoms with Crippen LogP contribution in [0, 0.1) is 0 Å².